The van der Waals surface area contributed by atoms with Crippen LogP contribution in [0.25, 0.3) is 0 Å². The Balaban J connectivity index is -0.000000720. The maximum atomic E-state index is 3.22. The Morgan fingerprint density at radius 1 is 0.733 bits per heavy atom. The van der Waals surface area contributed by atoms with E-state index >= 15 is 0 Å². The molecule has 0 aliphatic heterocycles. The summed E-state index contributed by atoms with van der Waals surface area (Å²) in [6.45, 7) is 2.07. The molecule has 0 N–H and O–H groups in total. The molecule has 0 bridgehead atoms. The highest BCUT2D eigenvalue weighted by Gasteiger charge is 2.04. The zero-order valence-corrected chi connectivity index (χ0v) is 13.9. The lowest BCUT2D eigenvalue weighted by Gasteiger charge is -2.22. The fraction of sp³-hybridized carbons (Fsp3) is 0.818. The molecule has 0 aliphatic rings. The Labute approximate surface area is 116 Å². The highest BCUT2D eigenvalue weighted by atomic mass is 79.9. The van der Waals surface area contributed by atoms with Gasteiger partial charge in [0, 0.05) is 0 Å². The van der Waals surface area contributed by atoms with Crippen molar-refractivity contribution in [2.45, 2.75) is 6.42 Å². The monoisotopic (exact) mass is 342 g/mol. The van der Waals surface area contributed by atoms with Gasteiger partial charge in [0.25, 0.3) is 0 Å². The molecule has 0 radical (unpaired) electrons. The first-order valence-corrected chi connectivity index (χ1v) is 4.77. The Morgan fingerprint density at radius 2 is 1.20 bits per heavy atom. The molecule has 92 valence electrons. The summed E-state index contributed by atoms with van der Waals surface area (Å²) in [5, 5.41) is 0. The molecule has 2 nitrogen and oxygen atoms in total. The lowest BCUT2D eigenvalue weighted by atomic mass is 10.3. The lowest BCUT2D eigenvalue weighted by molar-refractivity contribution is -0.869. The Hall–Kier alpha value is 0.440. The number of rotatable bonds is 3. The summed E-state index contributed by atoms with van der Waals surface area (Å²) in [7, 11) is 13.1. The third kappa shape index (κ3) is 20.5. The van der Waals surface area contributed by atoms with Crippen molar-refractivity contribution < 1.29 is 42.9 Å². The van der Waals surface area contributed by atoms with Crippen LogP contribution in [-0.2, 0) is 0 Å². The van der Waals surface area contributed by atoms with Gasteiger partial charge in [-0.25, -0.2) is 0 Å². The predicted molar refractivity (Wildman–Crippen MR) is 58.2 cm³/mol. The molecule has 15 heavy (non-hydrogen) atoms. The number of halogens is 2. The van der Waals surface area contributed by atoms with E-state index in [-0.39, 0.29) is 34.0 Å². The van der Waals surface area contributed by atoms with E-state index in [9.17, 15) is 0 Å². The van der Waals surface area contributed by atoms with Gasteiger partial charge in [0.05, 0.1) is 55.3 Å². The van der Waals surface area contributed by atoms with Crippen LogP contribution in [-0.4, -0.2) is 64.3 Å². The van der Waals surface area contributed by atoms with Crippen molar-refractivity contribution in [1.82, 2.24) is 0 Å². The van der Waals surface area contributed by atoms with Crippen molar-refractivity contribution >= 4 is 0 Å². The van der Waals surface area contributed by atoms with E-state index < -0.39 is 0 Å². The molecular weight excluding hydrogens is 320 g/mol. The summed E-state index contributed by atoms with van der Waals surface area (Å²) < 4.78 is 1.93. The molecule has 4 heteroatoms. The fourth-order valence-electron chi connectivity index (χ4n) is 0.773. The number of hydrogen-bond donors (Lipinski definition) is 0. The van der Waals surface area contributed by atoms with Gasteiger partial charge in [-0.1, -0.05) is 5.92 Å². The zero-order chi connectivity index (χ0) is 10.5. The third-order valence-corrected chi connectivity index (χ3v) is 1.59. The van der Waals surface area contributed by atoms with Gasteiger partial charge in [0.2, 0.25) is 0 Å². The Morgan fingerprint density at radius 3 is 1.53 bits per heavy atom. The minimum Gasteiger partial charge on any atom is -1.00 e. The van der Waals surface area contributed by atoms with E-state index in [4.69, 9.17) is 0 Å². The first kappa shape index (κ1) is 20.8. The summed E-state index contributed by atoms with van der Waals surface area (Å²) in [4.78, 5) is 0. The molecular formula is C11H24Br2N2. The van der Waals surface area contributed by atoms with Gasteiger partial charge < -0.3 is 42.9 Å². The van der Waals surface area contributed by atoms with Crippen LogP contribution < -0.4 is 34.0 Å². The Bertz CT molecular complexity index is 203. The molecule has 0 saturated heterocycles. The molecule has 0 amide bonds. The summed E-state index contributed by atoms with van der Waals surface area (Å²) in [6.07, 6.45) is 1.00. The highest BCUT2D eigenvalue weighted by Crippen LogP contribution is 1.92. The lowest BCUT2D eigenvalue weighted by Crippen LogP contribution is -3.00. The van der Waals surface area contributed by atoms with Crippen molar-refractivity contribution in [3.63, 3.8) is 0 Å². The maximum absolute atomic E-state index is 3.22. The van der Waals surface area contributed by atoms with E-state index in [0.717, 1.165) is 28.5 Å². The van der Waals surface area contributed by atoms with Gasteiger partial charge in [-0.2, -0.15) is 0 Å². The van der Waals surface area contributed by atoms with Crippen LogP contribution >= 0.6 is 0 Å². The molecule has 0 heterocycles. The fourth-order valence-corrected chi connectivity index (χ4v) is 0.773. The van der Waals surface area contributed by atoms with E-state index in [0.29, 0.717) is 0 Å². The van der Waals surface area contributed by atoms with Crippen molar-refractivity contribution in [3.05, 3.63) is 0 Å². The van der Waals surface area contributed by atoms with Crippen LogP contribution in [0.1, 0.15) is 6.42 Å². The minimum atomic E-state index is 0. The van der Waals surface area contributed by atoms with E-state index in [2.05, 4.69) is 54.1 Å². The molecule has 0 fully saturated rings. The van der Waals surface area contributed by atoms with Crippen LogP contribution in [0, 0.1) is 11.8 Å². The standard InChI is InChI=1S/C11H24N2.2BrH/c1-12(2,3)10-8-7-9-11-13(4,5)6;;/h8,10-11H2,1-6H3;2*1H/q+2;;/p-2. The van der Waals surface area contributed by atoms with Crippen LogP contribution in [0.5, 0.6) is 0 Å². The van der Waals surface area contributed by atoms with Gasteiger partial charge in [-0.15, -0.1) is 0 Å². The first-order valence-electron chi connectivity index (χ1n) is 4.77. The third-order valence-electron chi connectivity index (χ3n) is 1.59. The molecule has 0 aromatic carbocycles. The molecule has 0 aromatic heterocycles. The highest BCUT2D eigenvalue weighted by molar-refractivity contribution is 4.98. The second-order valence-corrected chi connectivity index (χ2v) is 5.57. The molecule has 0 saturated carbocycles. The van der Waals surface area contributed by atoms with Crippen molar-refractivity contribution in [2.24, 2.45) is 0 Å². The predicted octanol–water partition coefficient (Wildman–Crippen LogP) is -5.20. The number of hydrogen-bond acceptors (Lipinski definition) is 0. The molecule has 0 aliphatic carbocycles. The van der Waals surface area contributed by atoms with Gasteiger partial charge in [0.15, 0.2) is 0 Å². The van der Waals surface area contributed by atoms with Crippen LogP contribution in [0.4, 0.5) is 0 Å². The minimum absolute atomic E-state index is 0. The average molecular weight is 344 g/mol. The molecule has 0 rings (SSSR count). The second kappa shape index (κ2) is 8.58. The molecule has 0 spiro atoms. The SMILES string of the molecule is C[N+](C)(C)CC#CCC[N+](C)(C)C.[Br-].[Br-]. The van der Waals surface area contributed by atoms with Crippen LogP contribution in [0.2, 0.25) is 0 Å². The first-order chi connectivity index (χ1) is 5.71. The van der Waals surface area contributed by atoms with Gasteiger partial charge >= 0.3 is 0 Å². The van der Waals surface area contributed by atoms with Crippen LogP contribution in [0.15, 0.2) is 0 Å². The van der Waals surface area contributed by atoms with E-state index in [1.165, 1.54) is 0 Å². The van der Waals surface area contributed by atoms with Crippen molar-refractivity contribution in [1.29, 1.82) is 0 Å². The summed E-state index contributed by atoms with van der Waals surface area (Å²) in [5.41, 5.74) is 0. The summed E-state index contributed by atoms with van der Waals surface area (Å²) in [5.74, 6) is 6.43. The quantitative estimate of drug-likeness (QED) is 0.355. The van der Waals surface area contributed by atoms with Gasteiger partial charge in [0.1, 0.15) is 6.54 Å². The molecule has 0 unspecified atom stereocenters. The summed E-state index contributed by atoms with van der Waals surface area (Å²) >= 11 is 0. The zero-order valence-electron chi connectivity index (χ0n) is 10.8. The molecule has 0 atom stereocenters. The Kier molecular flexibility index (Phi) is 11.9. The second-order valence-electron chi connectivity index (χ2n) is 5.57. The topological polar surface area (TPSA) is 0 Å². The molecule has 0 aromatic rings. The number of quaternary nitrogens is 2. The van der Waals surface area contributed by atoms with Crippen LogP contribution in [0.3, 0.4) is 0 Å². The summed E-state index contributed by atoms with van der Waals surface area (Å²) in [6, 6.07) is 0. The van der Waals surface area contributed by atoms with Crippen molar-refractivity contribution in [3.8, 4) is 11.8 Å². The van der Waals surface area contributed by atoms with Gasteiger partial charge in [-0.3, -0.25) is 0 Å². The van der Waals surface area contributed by atoms with Gasteiger partial charge in [-0.05, 0) is 5.92 Å². The largest absolute Gasteiger partial charge is 1.00 e. The normalized spacial score (nSPS) is 10.5. The van der Waals surface area contributed by atoms with E-state index in [1.807, 2.05) is 0 Å². The van der Waals surface area contributed by atoms with E-state index in [1.54, 1.807) is 0 Å². The number of nitrogens with zero attached hydrogens (tertiary/aromatic N) is 2. The smallest absolute Gasteiger partial charge is 0.140 e. The van der Waals surface area contributed by atoms with Crippen molar-refractivity contribution in [2.75, 3.05) is 55.4 Å². The average Bonchev–Trinajstić information content (AvgIpc) is 1.81. The maximum Gasteiger partial charge on any atom is 0.140 e.